The van der Waals surface area contributed by atoms with E-state index in [1.165, 1.54) is 37.7 Å². The van der Waals surface area contributed by atoms with Crippen LogP contribution in [-0.2, 0) is 14.8 Å². The van der Waals surface area contributed by atoms with Crippen molar-refractivity contribution in [1.82, 2.24) is 4.31 Å². The first-order valence-electron chi connectivity index (χ1n) is 9.52. The van der Waals surface area contributed by atoms with Gasteiger partial charge in [-0.1, -0.05) is 31.4 Å². The minimum atomic E-state index is -3.51. The zero-order valence-corrected chi connectivity index (χ0v) is 16.9. The van der Waals surface area contributed by atoms with Crippen LogP contribution in [0.1, 0.15) is 56.4 Å². The van der Waals surface area contributed by atoms with Crippen molar-refractivity contribution in [2.45, 2.75) is 61.8 Å². The van der Waals surface area contributed by atoms with Gasteiger partial charge in [0, 0.05) is 32.3 Å². The molecular weight excluding hydrogens is 372 g/mol. The van der Waals surface area contributed by atoms with Crippen molar-refractivity contribution in [2.75, 3.05) is 26.3 Å². The van der Waals surface area contributed by atoms with Crippen molar-refractivity contribution in [2.24, 2.45) is 5.73 Å². The third-order valence-corrected chi connectivity index (χ3v) is 7.48. The highest BCUT2D eigenvalue weighted by Crippen LogP contribution is 2.33. The Balaban J connectivity index is 0.00000243. The van der Waals surface area contributed by atoms with Gasteiger partial charge in [-0.05, 0) is 49.3 Å². The van der Waals surface area contributed by atoms with Gasteiger partial charge in [-0.15, -0.1) is 12.4 Å². The van der Waals surface area contributed by atoms with Gasteiger partial charge in [0.1, 0.15) is 0 Å². The molecule has 26 heavy (non-hydrogen) atoms. The first kappa shape index (κ1) is 21.6. The Morgan fingerprint density at radius 1 is 1.00 bits per heavy atom. The number of sulfonamides is 1. The van der Waals surface area contributed by atoms with E-state index in [2.05, 4.69) is 0 Å². The molecule has 0 radical (unpaired) electrons. The molecule has 2 aliphatic rings. The molecule has 5 nitrogen and oxygen atoms in total. The molecule has 1 aliphatic carbocycles. The molecule has 1 heterocycles. The number of rotatable bonds is 6. The number of benzene rings is 1. The Morgan fingerprint density at radius 2 is 1.62 bits per heavy atom. The average Bonchev–Trinajstić information content (AvgIpc) is 2.67. The van der Waals surface area contributed by atoms with Crippen LogP contribution in [-0.4, -0.2) is 45.1 Å². The van der Waals surface area contributed by atoms with Gasteiger partial charge in [0.05, 0.1) is 4.90 Å². The third kappa shape index (κ3) is 4.98. The number of hydrogen-bond donors (Lipinski definition) is 1. The predicted octanol–water partition coefficient (Wildman–Crippen LogP) is 3.28. The van der Waals surface area contributed by atoms with Crippen molar-refractivity contribution in [3.8, 4) is 0 Å². The van der Waals surface area contributed by atoms with Crippen molar-refractivity contribution in [3.63, 3.8) is 0 Å². The van der Waals surface area contributed by atoms with Gasteiger partial charge in [0.2, 0.25) is 10.0 Å². The summed E-state index contributed by atoms with van der Waals surface area (Å²) in [6.45, 7) is 1.91. The maximum atomic E-state index is 13.1. The lowest BCUT2D eigenvalue weighted by molar-refractivity contribution is 0.0590. The fourth-order valence-corrected chi connectivity index (χ4v) is 5.78. The summed E-state index contributed by atoms with van der Waals surface area (Å²) in [5, 5.41) is 0. The van der Waals surface area contributed by atoms with E-state index in [4.69, 9.17) is 10.5 Å². The second kappa shape index (κ2) is 10.0. The van der Waals surface area contributed by atoms with Crippen molar-refractivity contribution < 1.29 is 13.2 Å². The van der Waals surface area contributed by atoms with E-state index in [1.54, 1.807) is 16.4 Å². The van der Waals surface area contributed by atoms with Crippen LogP contribution in [0.15, 0.2) is 29.2 Å². The van der Waals surface area contributed by atoms with Crippen LogP contribution in [0, 0.1) is 0 Å². The molecule has 3 rings (SSSR count). The van der Waals surface area contributed by atoms with Gasteiger partial charge in [-0.25, -0.2) is 8.42 Å². The smallest absolute Gasteiger partial charge is 0.243 e. The molecule has 0 amide bonds. The second-order valence-corrected chi connectivity index (χ2v) is 9.04. The average molecular weight is 403 g/mol. The summed E-state index contributed by atoms with van der Waals surface area (Å²) in [6.07, 6.45) is 7.78. The molecule has 0 spiro atoms. The Labute approximate surface area is 163 Å². The highest BCUT2D eigenvalue weighted by Gasteiger charge is 2.32. The molecule has 1 saturated carbocycles. The molecule has 0 aromatic heterocycles. The molecule has 1 aromatic carbocycles. The molecular formula is C19H31ClN2O3S. The van der Waals surface area contributed by atoms with Crippen LogP contribution < -0.4 is 5.73 Å². The number of hydrogen-bond acceptors (Lipinski definition) is 4. The van der Waals surface area contributed by atoms with Crippen molar-refractivity contribution in [3.05, 3.63) is 29.8 Å². The summed E-state index contributed by atoms with van der Waals surface area (Å²) in [6, 6.07) is 7.56. The van der Waals surface area contributed by atoms with Crippen LogP contribution in [0.5, 0.6) is 0 Å². The number of halogens is 1. The molecule has 2 N–H and O–H groups in total. The lowest BCUT2D eigenvalue weighted by atomic mass is 9.84. The first-order valence-corrected chi connectivity index (χ1v) is 11.0. The van der Waals surface area contributed by atoms with Gasteiger partial charge < -0.3 is 10.5 Å². The van der Waals surface area contributed by atoms with Crippen LogP contribution in [0.2, 0.25) is 0 Å². The van der Waals surface area contributed by atoms with Gasteiger partial charge in [-0.3, -0.25) is 0 Å². The van der Waals surface area contributed by atoms with Crippen LogP contribution in [0.4, 0.5) is 0 Å². The molecule has 0 atom stereocenters. The van der Waals surface area contributed by atoms with Crippen molar-refractivity contribution >= 4 is 22.4 Å². The maximum absolute atomic E-state index is 13.1. The van der Waals surface area contributed by atoms with E-state index in [1.807, 2.05) is 12.1 Å². The molecule has 1 aromatic rings. The molecule has 148 valence electrons. The molecule has 1 aliphatic heterocycles. The summed E-state index contributed by atoms with van der Waals surface area (Å²) in [5.74, 6) is 0.584. The molecule has 2 fully saturated rings. The predicted molar refractivity (Wildman–Crippen MR) is 106 cm³/mol. The van der Waals surface area contributed by atoms with Gasteiger partial charge in [0.25, 0.3) is 0 Å². The zero-order chi connectivity index (χ0) is 17.7. The molecule has 1 saturated heterocycles. The van der Waals surface area contributed by atoms with E-state index in [9.17, 15) is 8.42 Å². The van der Waals surface area contributed by atoms with Crippen LogP contribution in [0.3, 0.4) is 0 Å². The maximum Gasteiger partial charge on any atom is 0.243 e. The van der Waals surface area contributed by atoms with Gasteiger partial charge in [-0.2, -0.15) is 4.31 Å². The van der Waals surface area contributed by atoms with E-state index in [0.29, 0.717) is 37.1 Å². The minimum absolute atomic E-state index is 0. The summed E-state index contributed by atoms with van der Waals surface area (Å²) >= 11 is 0. The quantitative estimate of drug-likeness (QED) is 0.792. The van der Waals surface area contributed by atoms with Crippen LogP contribution in [0.25, 0.3) is 0 Å². The summed E-state index contributed by atoms with van der Waals surface area (Å²) in [7, 11) is -3.51. The number of ether oxygens (including phenoxy) is 1. The third-order valence-electron chi connectivity index (χ3n) is 5.51. The SMILES string of the molecule is Cl.NCCN(C1CCOCC1)S(=O)(=O)c1ccc(C2CCCCC2)cc1. The monoisotopic (exact) mass is 402 g/mol. The second-order valence-electron chi connectivity index (χ2n) is 7.15. The minimum Gasteiger partial charge on any atom is -0.381 e. The summed E-state index contributed by atoms with van der Waals surface area (Å²) < 4.78 is 33.2. The van der Waals surface area contributed by atoms with E-state index in [0.717, 1.165) is 12.8 Å². The lowest BCUT2D eigenvalue weighted by Gasteiger charge is -2.33. The standard InChI is InChI=1S/C19H30N2O3S.ClH/c20-12-13-21(18-10-14-24-15-11-18)25(22,23)19-8-6-17(7-9-19)16-4-2-1-3-5-16;/h6-9,16,18H,1-5,10-15,20H2;1H. The molecule has 0 bridgehead atoms. The highest BCUT2D eigenvalue weighted by molar-refractivity contribution is 7.89. The lowest BCUT2D eigenvalue weighted by Crippen LogP contribution is -2.45. The highest BCUT2D eigenvalue weighted by atomic mass is 35.5. The largest absolute Gasteiger partial charge is 0.381 e. The molecule has 7 heteroatoms. The van der Waals surface area contributed by atoms with Crippen molar-refractivity contribution in [1.29, 1.82) is 0 Å². The zero-order valence-electron chi connectivity index (χ0n) is 15.3. The summed E-state index contributed by atoms with van der Waals surface area (Å²) in [5.41, 5.74) is 6.97. The fourth-order valence-electron chi connectivity index (χ4n) is 4.08. The molecule has 0 unspecified atom stereocenters. The fraction of sp³-hybridized carbons (Fsp3) is 0.684. The van der Waals surface area contributed by atoms with Gasteiger partial charge >= 0.3 is 0 Å². The topological polar surface area (TPSA) is 72.6 Å². The number of nitrogens with two attached hydrogens (primary N) is 1. The Hall–Kier alpha value is -0.660. The Bertz CT molecular complexity index is 639. The van der Waals surface area contributed by atoms with E-state index in [-0.39, 0.29) is 18.4 Å². The Kier molecular flexibility index (Phi) is 8.36. The first-order chi connectivity index (χ1) is 12.1. The normalized spacial score (nSPS) is 20.1. The Morgan fingerprint density at radius 3 is 2.19 bits per heavy atom. The van der Waals surface area contributed by atoms with Crippen LogP contribution >= 0.6 is 12.4 Å². The summed E-state index contributed by atoms with van der Waals surface area (Å²) in [4.78, 5) is 0.381. The van der Waals surface area contributed by atoms with E-state index < -0.39 is 10.0 Å². The van der Waals surface area contributed by atoms with Gasteiger partial charge in [0.15, 0.2) is 0 Å². The number of nitrogens with zero attached hydrogens (tertiary/aromatic N) is 1. The van der Waals surface area contributed by atoms with E-state index >= 15 is 0 Å².